The molecule has 0 saturated carbocycles. The molecule has 2 aromatic rings. The standard InChI is InChI=1S/C24H34N2O2/c1-2-3-4-5-9-18-25-20-24(27)26-22-14-16-23(17-15-22)28-19-10-13-21-11-7-6-8-12-21/h6-8,11-12,14-17,25H,2-5,9-10,13,18-20H2,1H3,(H,26,27). The number of carbonyl (C=O) groups is 1. The Morgan fingerprint density at radius 3 is 2.39 bits per heavy atom. The van der Waals surface area contributed by atoms with Crippen molar-refractivity contribution in [2.45, 2.75) is 51.9 Å². The molecule has 152 valence electrons. The molecule has 0 heterocycles. The summed E-state index contributed by atoms with van der Waals surface area (Å²) in [5, 5.41) is 6.12. The average Bonchev–Trinajstić information content (AvgIpc) is 2.72. The first-order valence-corrected chi connectivity index (χ1v) is 10.6. The highest BCUT2D eigenvalue weighted by molar-refractivity contribution is 5.92. The van der Waals surface area contributed by atoms with Gasteiger partial charge in [0.1, 0.15) is 5.75 Å². The monoisotopic (exact) mass is 382 g/mol. The van der Waals surface area contributed by atoms with Crippen LogP contribution < -0.4 is 15.4 Å². The van der Waals surface area contributed by atoms with Crippen LogP contribution in [0.5, 0.6) is 5.75 Å². The van der Waals surface area contributed by atoms with Gasteiger partial charge in [0.2, 0.25) is 5.91 Å². The van der Waals surface area contributed by atoms with Crippen LogP contribution in [-0.4, -0.2) is 25.6 Å². The van der Waals surface area contributed by atoms with Gasteiger partial charge in [-0.15, -0.1) is 0 Å². The van der Waals surface area contributed by atoms with Crippen molar-refractivity contribution >= 4 is 11.6 Å². The summed E-state index contributed by atoms with van der Waals surface area (Å²) in [4.78, 5) is 12.0. The van der Waals surface area contributed by atoms with E-state index in [0.29, 0.717) is 13.2 Å². The van der Waals surface area contributed by atoms with Crippen molar-refractivity contribution in [1.29, 1.82) is 0 Å². The highest BCUT2D eigenvalue weighted by Gasteiger charge is 2.02. The Kier molecular flexibility index (Phi) is 10.8. The lowest BCUT2D eigenvalue weighted by molar-refractivity contribution is -0.115. The van der Waals surface area contributed by atoms with Crippen LogP contribution in [0.4, 0.5) is 5.69 Å². The van der Waals surface area contributed by atoms with Gasteiger partial charge in [-0.2, -0.15) is 0 Å². The first kappa shape index (κ1) is 22.0. The van der Waals surface area contributed by atoms with Gasteiger partial charge in [-0.05, 0) is 55.6 Å². The quantitative estimate of drug-likeness (QED) is 0.442. The number of nitrogens with one attached hydrogen (secondary N) is 2. The van der Waals surface area contributed by atoms with Gasteiger partial charge >= 0.3 is 0 Å². The molecule has 4 nitrogen and oxygen atoms in total. The van der Waals surface area contributed by atoms with Gasteiger partial charge < -0.3 is 15.4 Å². The summed E-state index contributed by atoms with van der Waals surface area (Å²) < 4.78 is 5.78. The minimum absolute atomic E-state index is 0.00918. The molecule has 0 aliphatic heterocycles. The zero-order valence-corrected chi connectivity index (χ0v) is 17.1. The van der Waals surface area contributed by atoms with E-state index in [4.69, 9.17) is 4.74 Å². The molecular weight excluding hydrogens is 348 g/mol. The largest absolute Gasteiger partial charge is 0.494 e. The highest BCUT2D eigenvalue weighted by atomic mass is 16.5. The highest BCUT2D eigenvalue weighted by Crippen LogP contribution is 2.16. The molecular formula is C24H34N2O2. The molecule has 0 radical (unpaired) electrons. The van der Waals surface area contributed by atoms with Crippen molar-refractivity contribution in [3.05, 3.63) is 60.2 Å². The third kappa shape index (κ3) is 9.56. The predicted molar refractivity (Wildman–Crippen MR) is 117 cm³/mol. The molecule has 0 unspecified atom stereocenters. The number of hydrogen-bond donors (Lipinski definition) is 2. The van der Waals surface area contributed by atoms with Gasteiger partial charge in [0, 0.05) is 5.69 Å². The number of rotatable bonds is 14. The van der Waals surface area contributed by atoms with Crippen LogP contribution in [0.3, 0.4) is 0 Å². The molecule has 28 heavy (non-hydrogen) atoms. The molecule has 0 aromatic heterocycles. The molecule has 4 heteroatoms. The number of hydrogen-bond acceptors (Lipinski definition) is 3. The number of amides is 1. The minimum Gasteiger partial charge on any atom is -0.494 e. The summed E-state index contributed by atoms with van der Waals surface area (Å²) in [6, 6.07) is 18.0. The summed E-state index contributed by atoms with van der Waals surface area (Å²) in [6.45, 7) is 4.15. The second kappa shape index (κ2) is 13.8. The Morgan fingerprint density at radius 2 is 1.64 bits per heavy atom. The average molecular weight is 383 g/mol. The van der Waals surface area contributed by atoms with E-state index in [1.54, 1.807) is 0 Å². The van der Waals surface area contributed by atoms with Crippen LogP contribution in [0, 0.1) is 0 Å². The van der Waals surface area contributed by atoms with Gasteiger partial charge in [0.15, 0.2) is 0 Å². The maximum Gasteiger partial charge on any atom is 0.238 e. The van der Waals surface area contributed by atoms with Crippen molar-refractivity contribution in [3.8, 4) is 5.75 Å². The third-order valence-electron chi connectivity index (χ3n) is 4.60. The van der Waals surface area contributed by atoms with E-state index in [9.17, 15) is 4.79 Å². The van der Waals surface area contributed by atoms with Crippen LogP contribution in [0.15, 0.2) is 54.6 Å². The number of carbonyl (C=O) groups excluding carboxylic acids is 1. The molecule has 0 spiro atoms. The minimum atomic E-state index is -0.00918. The SMILES string of the molecule is CCCCCCCNCC(=O)Nc1ccc(OCCCc2ccccc2)cc1. The summed E-state index contributed by atoms with van der Waals surface area (Å²) in [7, 11) is 0. The Morgan fingerprint density at radius 1 is 0.893 bits per heavy atom. The molecule has 2 aromatic carbocycles. The van der Waals surface area contributed by atoms with Gasteiger partial charge in [-0.1, -0.05) is 62.9 Å². The fraction of sp³-hybridized carbons (Fsp3) is 0.458. The first-order chi connectivity index (χ1) is 13.8. The van der Waals surface area contributed by atoms with E-state index in [1.165, 1.54) is 31.2 Å². The number of ether oxygens (including phenoxy) is 1. The van der Waals surface area contributed by atoms with E-state index >= 15 is 0 Å². The molecule has 2 rings (SSSR count). The topological polar surface area (TPSA) is 50.4 Å². The van der Waals surface area contributed by atoms with E-state index in [1.807, 2.05) is 30.3 Å². The van der Waals surface area contributed by atoms with Crippen molar-refractivity contribution < 1.29 is 9.53 Å². The van der Waals surface area contributed by atoms with Crippen LogP contribution in [0.25, 0.3) is 0 Å². The lowest BCUT2D eigenvalue weighted by atomic mass is 10.1. The third-order valence-corrected chi connectivity index (χ3v) is 4.60. The fourth-order valence-electron chi connectivity index (χ4n) is 3.01. The van der Waals surface area contributed by atoms with Gasteiger partial charge in [0.25, 0.3) is 0 Å². The van der Waals surface area contributed by atoms with Crippen LogP contribution in [0.2, 0.25) is 0 Å². The zero-order valence-electron chi connectivity index (χ0n) is 17.1. The smallest absolute Gasteiger partial charge is 0.238 e. The van der Waals surface area contributed by atoms with Crippen molar-refractivity contribution in [2.75, 3.05) is 25.0 Å². The molecule has 0 aliphatic carbocycles. The Hall–Kier alpha value is -2.33. The van der Waals surface area contributed by atoms with Crippen molar-refractivity contribution in [2.24, 2.45) is 0 Å². The number of anilines is 1. The lowest BCUT2D eigenvalue weighted by Gasteiger charge is -2.09. The molecule has 0 fully saturated rings. The van der Waals surface area contributed by atoms with Crippen LogP contribution in [-0.2, 0) is 11.2 Å². The Labute approximate surface area is 169 Å². The van der Waals surface area contributed by atoms with Crippen molar-refractivity contribution in [3.63, 3.8) is 0 Å². The summed E-state index contributed by atoms with van der Waals surface area (Å²) in [5.41, 5.74) is 2.13. The van der Waals surface area contributed by atoms with E-state index in [2.05, 4.69) is 41.8 Å². The fourth-order valence-corrected chi connectivity index (χ4v) is 3.01. The van der Waals surface area contributed by atoms with Gasteiger partial charge in [-0.3, -0.25) is 4.79 Å². The van der Waals surface area contributed by atoms with E-state index in [-0.39, 0.29) is 5.91 Å². The van der Waals surface area contributed by atoms with Gasteiger partial charge in [-0.25, -0.2) is 0 Å². The molecule has 0 aliphatic rings. The number of benzene rings is 2. The van der Waals surface area contributed by atoms with Crippen LogP contribution >= 0.6 is 0 Å². The Bertz CT molecular complexity index is 656. The first-order valence-electron chi connectivity index (χ1n) is 10.6. The second-order valence-electron chi connectivity index (χ2n) is 7.10. The van der Waals surface area contributed by atoms with Crippen molar-refractivity contribution in [1.82, 2.24) is 5.32 Å². The molecule has 0 saturated heterocycles. The molecule has 0 atom stereocenters. The molecule has 2 N–H and O–H groups in total. The van der Waals surface area contributed by atoms with Gasteiger partial charge in [0.05, 0.1) is 13.2 Å². The normalized spacial score (nSPS) is 10.6. The predicted octanol–water partition coefficient (Wildman–Crippen LogP) is 5.20. The second-order valence-corrected chi connectivity index (χ2v) is 7.10. The zero-order chi connectivity index (χ0) is 19.9. The summed E-state index contributed by atoms with van der Waals surface area (Å²) in [6.07, 6.45) is 8.19. The molecule has 1 amide bonds. The van der Waals surface area contributed by atoms with E-state index in [0.717, 1.165) is 37.2 Å². The maximum atomic E-state index is 12.0. The summed E-state index contributed by atoms with van der Waals surface area (Å²) >= 11 is 0. The lowest BCUT2D eigenvalue weighted by Crippen LogP contribution is -2.28. The Balaban J connectivity index is 1.56. The maximum absolute atomic E-state index is 12.0. The van der Waals surface area contributed by atoms with Crippen LogP contribution in [0.1, 0.15) is 51.0 Å². The molecule has 0 bridgehead atoms. The number of unbranched alkanes of at least 4 members (excludes halogenated alkanes) is 4. The summed E-state index contributed by atoms with van der Waals surface area (Å²) in [5.74, 6) is 0.821. The van der Waals surface area contributed by atoms with E-state index < -0.39 is 0 Å². The number of aryl methyl sites for hydroxylation is 1.